The molecule has 0 saturated carbocycles. The van der Waals surface area contributed by atoms with Gasteiger partial charge in [-0.05, 0) is 63.0 Å². The predicted molar refractivity (Wildman–Crippen MR) is 116 cm³/mol. The van der Waals surface area contributed by atoms with Crippen LogP contribution in [0, 0.1) is 17.2 Å². The number of hydrogen-bond donors (Lipinski definition) is 3. The number of anilines is 1. The van der Waals surface area contributed by atoms with E-state index in [1.807, 2.05) is 27.0 Å². The van der Waals surface area contributed by atoms with Gasteiger partial charge >= 0.3 is 6.09 Å². The average molecular weight is 430 g/mol. The molecule has 2 unspecified atom stereocenters. The van der Waals surface area contributed by atoms with E-state index in [-0.39, 0.29) is 18.5 Å². The summed E-state index contributed by atoms with van der Waals surface area (Å²) in [5.74, 6) is -0.617. The van der Waals surface area contributed by atoms with Crippen LogP contribution in [-0.2, 0) is 9.53 Å². The van der Waals surface area contributed by atoms with Gasteiger partial charge in [-0.2, -0.15) is 5.26 Å². The van der Waals surface area contributed by atoms with Gasteiger partial charge in [0.1, 0.15) is 19.2 Å². The monoisotopic (exact) mass is 429 g/mol. The molecule has 9 heteroatoms. The van der Waals surface area contributed by atoms with Crippen molar-refractivity contribution in [2.24, 2.45) is 5.92 Å². The van der Waals surface area contributed by atoms with Gasteiger partial charge in [-0.25, -0.2) is 4.79 Å². The average Bonchev–Trinajstić information content (AvgIpc) is 3.14. The summed E-state index contributed by atoms with van der Waals surface area (Å²) in [5.41, 5.74) is 0.861. The van der Waals surface area contributed by atoms with Crippen LogP contribution in [0.3, 0.4) is 0 Å². The highest BCUT2D eigenvalue weighted by atomic mass is 16.5. The number of hydrogen-bond acceptors (Lipinski definition) is 6. The quantitative estimate of drug-likeness (QED) is 0.517. The summed E-state index contributed by atoms with van der Waals surface area (Å²) in [6, 6.07) is 7.70. The third kappa shape index (κ3) is 7.90. The van der Waals surface area contributed by atoms with Gasteiger partial charge in [0.2, 0.25) is 5.91 Å². The molecule has 1 aliphatic rings. The lowest BCUT2D eigenvalue weighted by Crippen LogP contribution is -2.47. The molecule has 31 heavy (non-hydrogen) atoms. The number of benzene rings is 1. The van der Waals surface area contributed by atoms with Crippen LogP contribution in [0.5, 0.6) is 0 Å². The first-order valence-corrected chi connectivity index (χ1v) is 10.5. The van der Waals surface area contributed by atoms with E-state index in [4.69, 9.17) is 10.00 Å². The van der Waals surface area contributed by atoms with Gasteiger partial charge in [-0.15, -0.1) is 0 Å². The second-order valence-electron chi connectivity index (χ2n) is 8.11. The number of ether oxygens (including phenoxy) is 1. The number of likely N-dealkylation sites (tertiary alicyclic amines) is 1. The van der Waals surface area contributed by atoms with Crippen LogP contribution in [0.4, 0.5) is 10.5 Å². The minimum atomic E-state index is -0.734. The van der Waals surface area contributed by atoms with E-state index in [2.05, 4.69) is 20.9 Å². The maximum atomic E-state index is 12.6. The number of nitrogens with zero attached hydrogens (tertiary/aromatic N) is 2. The Hall–Kier alpha value is -3.12. The van der Waals surface area contributed by atoms with E-state index in [0.717, 1.165) is 19.4 Å². The highest BCUT2D eigenvalue weighted by Gasteiger charge is 2.23. The Morgan fingerprint density at radius 2 is 1.97 bits per heavy atom. The maximum absolute atomic E-state index is 12.6. The molecule has 2 atom stereocenters. The van der Waals surface area contributed by atoms with Crippen molar-refractivity contribution < 1.29 is 19.1 Å². The van der Waals surface area contributed by atoms with Gasteiger partial charge < -0.3 is 20.3 Å². The summed E-state index contributed by atoms with van der Waals surface area (Å²) in [5, 5.41) is 16.5. The Morgan fingerprint density at radius 1 is 1.26 bits per heavy atom. The van der Waals surface area contributed by atoms with E-state index >= 15 is 0 Å². The van der Waals surface area contributed by atoms with Crippen LogP contribution in [-0.4, -0.2) is 61.6 Å². The normalized spacial score (nSPS) is 16.9. The summed E-state index contributed by atoms with van der Waals surface area (Å²) in [6.07, 6.45) is 2.03. The van der Waals surface area contributed by atoms with Crippen LogP contribution in [0.2, 0.25) is 0 Å². The van der Waals surface area contributed by atoms with Crippen LogP contribution in [0.15, 0.2) is 24.3 Å². The molecule has 0 radical (unpaired) electrons. The van der Waals surface area contributed by atoms with E-state index in [1.54, 1.807) is 24.3 Å². The molecule has 1 heterocycles. The zero-order valence-electron chi connectivity index (χ0n) is 18.3. The van der Waals surface area contributed by atoms with E-state index in [0.29, 0.717) is 24.3 Å². The van der Waals surface area contributed by atoms with Crippen molar-refractivity contribution in [1.82, 2.24) is 15.5 Å². The number of nitrogens with one attached hydrogen (secondary N) is 3. The first-order chi connectivity index (χ1) is 14.8. The summed E-state index contributed by atoms with van der Waals surface area (Å²) >= 11 is 0. The Balaban J connectivity index is 1.88. The molecule has 0 aliphatic carbocycles. The first-order valence-electron chi connectivity index (χ1n) is 10.5. The number of carbonyl (C=O) groups is 3. The molecular formula is C22H31N5O4. The van der Waals surface area contributed by atoms with Crippen molar-refractivity contribution in [3.8, 4) is 6.07 Å². The Kier molecular flexibility index (Phi) is 9.28. The van der Waals surface area contributed by atoms with Gasteiger partial charge in [0.05, 0.1) is 6.07 Å². The fraction of sp³-hybridized carbons (Fsp3) is 0.545. The van der Waals surface area contributed by atoms with Gasteiger partial charge in [0, 0.05) is 17.3 Å². The number of carbonyl (C=O) groups excluding carboxylic acids is 3. The topological polar surface area (TPSA) is 124 Å². The van der Waals surface area contributed by atoms with E-state index in [1.165, 1.54) is 0 Å². The molecule has 9 nitrogen and oxygen atoms in total. The van der Waals surface area contributed by atoms with Crippen molar-refractivity contribution in [2.75, 3.05) is 32.1 Å². The van der Waals surface area contributed by atoms with Crippen molar-refractivity contribution in [3.63, 3.8) is 0 Å². The second-order valence-corrected chi connectivity index (χ2v) is 8.11. The van der Waals surface area contributed by atoms with Crippen LogP contribution in [0.25, 0.3) is 0 Å². The lowest BCUT2D eigenvalue weighted by Gasteiger charge is -2.20. The fourth-order valence-electron chi connectivity index (χ4n) is 3.41. The summed E-state index contributed by atoms with van der Waals surface area (Å²) in [4.78, 5) is 39.0. The Labute approximate surface area is 183 Å². The maximum Gasteiger partial charge on any atom is 0.411 e. The number of likely N-dealkylation sites (N-methyl/N-ethyl adjacent to an activating group) is 1. The number of nitriles is 1. The fourth-order valence-corrected chi connectivity index (χ4v) is 3.41. The largest absolute Gasteiger partial charge is 0.448 e. The standard InChI is InChI=1S/C22H31N5O4/c1-15(2)13-19(21(29)24-11-10-23)26-20(28)16-6-8-17(9-7-16)25-22(30)31-14-18-5-4-12-27(18)3/h6-9,15,18-19H,4-5,11-14H2,1-3H3,(H,24,29)(H,25,30)(H,26,28). The molecule has 1 saturated heterocycles. The minimum Gasteiger partial charge on any atom is -0.448 e. The molecule has 3 amide bonds. The van der Waals surface area contributed by atoms with Gasteiger partial charge in [0.15, 0.2) is 0 Å². The van der Waals surface area contributed by atoms with Crippen LogP contribution >= 0.6 is 0 Å². The first kappa shape index (κ1) is 24.2. The highest BCUT2D eigenvalue weighted by molar-refractivity contribution is 5.98. The van der Waals surface area contributed by atoms with Crippen molar-refractivity contribution in [1.29, 1.82) is 5.26 Å². The molecule has 1 aromatic rings. The third-order valence-electron chi connectivity index (χ3n) is 5.14. The smallest absolute Gasteiger partial charge is 0.411 e. The zero-order chi connectivity index (χ0) is 22.8. The van der Waals surface area contributed by atoms with Gasteiger partial charge in [0.25, 0.3) is 5.91 Å². The summed E-state index contributed by atoms with van der Waals surface area (Å²) < 4.78 is 5.29. The van der Waals surface area contributed by atoms with Crippen molar-refractivity contribution in [3.05, 3.63) is 29.8 Å². The van der Waals surface area contributed by atoms with Crippen molar-refractivity contribution >= 4 is 23.6 Å². The molecule has 3 N–H and O–H groups in total. The van der Waals surface area contributed by atoms with Gasteiger partial charge in [-0.1, -0.05) is 13.8 Å². The zero-order valence-corrected chi connectivity index (χ0v) is 18.3. The Bertz CT molecular complexity index is 803. The second kappa shape index (κ2) is 11.9. The van der Waals surface area contributed by atoms with E-state index < -0.39 is 23.9 Å². The Morgan fingerprint density at radius 3 is 2.55 bits per heavy atom. The molecule has 1 fully saturated rings. The highest BCUT2D eigenvalue weighted by Crippen LogP contribution is 2.16. The molecular weight excluding hydrogens is 398 g/mol. The van der Waals surface area contributed by atoms with Crippen LogP contribution in [0.1, 0.15) is 43.5 Å². The molecule has 1 aliphatic heterocycles. The summed E-state index contributed by atoms with van der Waals surface area (Å²) in [6.45, 7) is 5.13. The van der Waals surface area contributed by atoms with Crippen LogP contribution < -0.4 is 16.0 Å². The molecule has 1 aromatic carbocycles. The molecule has 0 bridgehead atoms. The lowest BCUT2D eigenvalue weighted by atomic mass is 10.0. The predicted octanol–water partition coefficient (Wildman–Crippen LogP) is 2.11. The number of rotatable bonds is 9. The molecule has 2 rings (SSSR count). The molecule has 0 spiro atoms. The minimum absolute atomic E-state index is 0.114. The third-order valence-corrected chi connectivity index (χ3v) is 5.14. The SMILES string of the molecule is CC(C)CC(NC(=O)c1ccc(NC(=O)OCC2CCCN2C)cc1)C(=O)NCC#N. The van der Waals surface area contributed by atoms with Gasteiger partial charge in [-0.3, -0.25) is 14.9 Å². The number of amides is 3. The molecule has 0 aromatic heterocycles. The summed E-state index contributed by atoms with van der Waals surface area (Å²) in [7, 11) is 2.02. The molecule has 168 valence electrons. The van der Waals surface area contributed by atoms with E-state index in [9.17, 15) is 14.4 Å². The lowest BCUT2D eigenvalue weighted by molar-refractivity contribution is -0.123. The van der Waals surface area contributed by atoms with Crippen molar-refractivity contribution in [2.45, 2.75) is 45.2 Å².